The van der Waals surface area contributed by atoms with Gasteiger partial charge in [0.2, 0.25) is 0 Å². The molecule has 1 aromatic rings. The van der Waals surface area contributed by atoms with Crippen LogP contribution in [0.15, 0.2) is 24.3 Å². The van der Waals surface area contributed by atoms with E-state index in [1.54, 1.807) is 0 Å². The number of benzene rings is 1. The fourth-order valence-electron chi connectivity index (χ4n) is 2.61. The lowest BCUT2D eigenvalue weighted by Gasteiger charge is -2.27. The second kappa shape index (κ2) is 4.88. The van der Waals surface area contributed by atoms with Crippen molar-refractivity contribution in [1.82, 2.24) is 4.90 Å². The van der Waals surface area contributed by atoms with E-state index >= 15 is 0 Å². The van der Waals surface area contributed by atoms with E-state index in [4.69, 9.17) is 4.74 Å². The van der Waals surface area contributed by atoms with Crippen LogP contribution in [0, 0.1) is 0 Å². The van der Waals surface area contributed by atoms with Crippen LogP contribution in [-0.2, 0) is 0 Å². The van der Waals surface area contributed by atoms with Gasteiger partial charge in [-0.1, -0.05) is 12.1 Å². The van der Waals surface area contributed by atoms with Crippen molar-refractivity contribution in [3.8, 4) is 5.75 Å². The molecule has 2 aliphatic rings. The highest BCUT2D eigenvalue weighted by atomic mass is 16.5. The Morgan fingerprint density at radius 2 is 1.83 bits per heavy atom. The zero-order valence-electron chi connectivity index (χ0n) is 10.5. The number of likely N-dealkylation sites (tertiary alicyclic amines) is 1. The monoisotopic (exact) mass is 246 g/mol. The molecule has 1 saturated heterocycles. The van der Waals surface area contributed by atoms with Crippen LogP contribution in [0.3, 0.4) is 0 Å². The van der Waals surface area contributed by atoms with Gasteiger partial charge in [0, 0.05) is 19.6 Å². The maximum absolute atomic E-state index is 12.5. The Morgan fingerprint density at radius 1 is 1.06 bits per heavy atom. The molecule has 0 N–H and O–H groups in total. The number of fused-ring (bicyclic) bond motifs is 1. The number of nitrogens with zero attached hydrogens (tertiary/aromatic N) is 2. The molecule has 18 heavy (non-hydrogen) atoms. The van der Waals surface area contributed by atoms with E-state index < -0.39 is 0 Å². The standard InChI is InChI=1S/C14H18N2O2/c17-14(15-8-3-4-9-15)16-10-5-11-18-13-7-2-1-6-12(13)16/h1-2,6-7H,3-5,8-11H2. The van der Waals surface area contributed by atoms with Crippen LogP contribution in [0.25, 0.3) is 0 Å². The van der Waals surface area contributed by atoms with Crippen molar-refractivity contribution in [3.63, 3.8) is 0 Å². The van der Waals surface area contributed by atoms with Gasteiger partial charge in [0.05, 0.1) is 12.3 Å². The summed E-state index contributed by atoms with van der Waals surface area (Å²) in [7, 11) is 0. The summed E-state index contributed by atoms with van der Waals surface area (Å²) < 4.78 is 5.68. The molecule has 0 atom stereocenters. The summed E-state index contributed by atoms with van der Waals surface area (Å²) in [6.07, 6.45) is 3.13. The molecule has 1 fully saturated rings. The highest BCUT2D eigenvalue weighted by Gasteiger charge is 2.27. The Bertz CT molecular complexity index is 441. The first-order valence-electron chi connectivity index (χ1n) is 6.64. The molecule has 0 spiro atoms. The molecule has 0 saturated carbocycles. The number of anilines is 1. The van der Waals surface area contributed by atoms with E-state index in [-0.39, 0.29) is 6.03 Å². The van der Waals surface area contributed by atoms with Crippen molar-refractivity contribution in [3.05, 3.63) is 24.3 Å². The number of hydrogen-bond acceptors (Lipinski definition) is 2. The number of hydrogen-bond donors (Lipinski definition) is 0. The van der Waals surface area contributed by atoms with Crippen molar-refractivity contribution in [2.24, 2.45) is 0 Å². The van der Waals surface area contributed by atoms with Crippen LogP contribution in [0.5, 0.6) is 5.75 Å². The summed E-state index contributed by atoms with van der Waals surface area (Å²) in [5, 5.41) is 0. The fourth-order valence-corrected chi connectivity index (χ4v) is 2.61. The Morgan fingerprint density at radius 3 is 2.67 bits per heavy atom. The summed E-state index contributed by atoms with van der Waals surface area (Å²) >= 11 is 0. The third-order valence-corrected chi connectivity index (χ3v) is 3.55. The molecule has 0 aliphatic carbocycles. The van der Waals surface area contributed by atoms with Crippen LogP contribution < -0.4 is 9.64 Å². The molecule has 4 heteroatoms. The molecular formula is C14H18N2O2. The average Bonchev–Trinajstić information content (AvgIpc) is 2.85. The van der Waals surface area contributed by atoms with E-state index in [1.807, 2.05) is 34.1 Å². The minimum Gasteiger partial charge on any atom is -0.491 e. The molecular weight excluding hydrogens is 228 g/mol. The third-order valence-electron chi connectivity index (χ3n) is 3.55. The van der Waals surface area contributed by atoms with Crippen LogP contribution in [0.4, 0.5) is 10.5 Å². The number of rotatable bonds is 0. The molecule has 4 nitrogen and oxygen atoms in total. The van der Waals surface area contributed by atoms with Gasteiger partial charge in [-0.3, -0.25) is 4.90 Å². The van der Waals surface area contributed by atoms with Gasteiger partial charge in [-0.2, -0.15) is 0 Å². The zero-order chi connectivity index (χ0) is 12.4. The second-order valence-corrected chi connectivity index (χ2v) is 4.80. The Kier molecular flexibility index (Phi) is 3.09. The van der Waals surface area contributed by atoms with Crippen LogP contribution in [0.2, 0.25) is 0 Å². The number of ether oxygens (including phenoxy) is 1. The van der Waals surface area contributed by atoms with Gasteiger partial charge in [0.15, 0.2) is 0 Å². The van der Waals surface area contributed by atoms with Gasteiger partial charge in [0.1, 0.15) is 5.75 Å². The van der Waals surface area contributed by atoms with Crippen molar-refractivity contribution in [2.45, 2.75) is 19.3 Å². The molecule has 0 unspecified atom stereocenters. The smallest absolute Gasteiger partial charge is 0.324 e. The van der Waals surface area contributed by atoms with Crippen molar-refractivity contribution in [1.29, 1.82) is 0 Å². The first-order chi connectivity index (χ1) is 8.86. The number of urea groups is 1. The number of carbonyl (C=O) groups excluding carboxylic acids is 1. The summed E-state index contributed by atoms with van der Waals surface area (Å²) in [6.45, 7) is 3.20. The number of amides is 2. The Hall–Kier alpha value is -1.71. The van der Waals surface area contributed by atoms with E-state index in [1.165, 1.54) is 0 Å². The van der Waals surface area contributed by atoms with Gasteiger partial charge in [-0.15, -0.1) is 0 Å². The van der Waals surface area contributed by atoms with Gasteiger partial charge in [0.25, 0.3) is 0 Å². The first-order valence-corrected chi connectivity index (χ1v) is 6.64. The van der Waals surface area contributed by atoms with Crippen LogP contribution in [0.1, 0.15) is 19.3 Å². The zero-order valence-corrected chi connectivity index (χ0v) is 10.5. The Labute approximate surface area is 107 Å². The summed E-state index contributed by atoms with van der Waals surface area (Å²) in [6, 6.07) is 7.94. The largest absolute Gasteiger partial charge is 0.491 e. The SMILES string of the molecule is O=C(N1CCCC1)N1CCCOc2ccccc21. The molecule has 3 rings (SSSR count). The maximum atomic E-state index is 12.5. The van der Waals surface area contributed by atoms with Crippen molar-refractivity contribution >= 4 is 11.7 Å². The predicted octanol–water partition coefficient (Wildman–Crippen LogP) is 2.49. The third kappa shape index (κ3) is 2.03. The fraction of sp³-hybridized carbons (Fsp3) is 0.500. The molecule has 1 aromatic carbocycles. The lowest BCUT2D eigenvalue weighted by atomic mass is 10.2. The van der Waals surface area contributed by atoms with Gasteiger partial charge >= 0.3 is 6.03 Å². The average molecular weight is 246 g/mol. The maximum Gasteiger partial charge on any atom is 0.324 e. The lowest BCUT2D eigenvalue weighted by molar-refractivity contribution is 0.215. The predicted molar refractivity (Wildman–Crippen MR) is 70.1 cm³/mol. The lowest BCUT2D eigenvalue weighted by Crippen LogP contribution is -2.42. The first kappa shape index (κ1) is 11.4. The number of carbonyl (C=O) groups is 1. The molecule has 0 bridgehead atoms. The van der Waals surface area contributed by atoms with Gasteiger partial charge in [-0.25, -0.2) is 4.79 Å². The molecule has 96 valence electrons. The minimum absolute atomic E-state index is 0.130. The van der Waals surface area contributed by atoms with E-state index in [0.29, 0.717) is 6.61 Å². The van der Waals surface area contributed by atoms with Crippen LogP contribution >= 0.6 is 0 Å². The molecule has 0 aromatic heterocycles. The quantitative estimate of drug-likeness (QED) is 0.704. The van der Waals surface area contributed by atoms with E-state index in [2.05, 4.69) is 0 Å². The second-order valence-electron chi connectivity index (χ2n) is 4.80. The number of para-hydroxylation sites is 2. The Balaban J connectivity index is 1.88. The van der Waals surface area contributed by atoms with E-state index in [9.17, 15) is 4.79 Å². The molecule has 2 amide bonds. The van der Waals surface area contributed by atoms with Gasteiger partial charge < -0.3 is 9.64 Å². The topological polar surface area (TPSA) is 32.8 Å². The van der Waals surface area contributed by atoms with Crippen molar-refractivity contribution < 1.29 is 9.53 Å². The minimum atomic E-state index is 0.130. The summed E-state index contributed by atoms with van der Waals surface area (Å²) in [5.41, 5.74) is 0.909. The van der Waals surface area contributed by atoms with Gasteiger partial charge in [-0.05, 0) is 31.4 Å². The highest BCUT2D eigenvalue weighted by Crippen LogP contribution is 2.31. The van der Waals surface area contributed by atoms with Crippen LogP contribution in [-0.4, -0.2) is 37.2 Å². The summed E-state index contributed by atoms with van der Waals surface area (Å²) in [5.74, 6) is 0.822. The normalized spacial score (nSPS) is 19.1. The summed E-state index contributed by atoms with van der Waals surface area (Å²) in [4.78, 5) is 16.3. The molecule has 2 heterocycles. The molecule has 2 aliphatic heterocycles. The van der Waals surface area contributed by atoms with E-state index in [0.717, 1.165) is 50.3 Å². The molecule has 0 radical (unpaired) electrons. The van der Waals surface area contributed by atoms with Crippen molar-refractivity contribution in [2.75, 3.05) is 31.1 Å². The highest BCUT2D eigenvalue weighted by molar-refractivity contribution is 5.93.